The average molecular weight is 392 g/mol. The molecule has 1 N–H and O–H groups in total. The number of hydrogen-bond acceptors (Lipinski definition) is 6. The predicted octanol–water partition coefficient (Wildman–Crippen LogP) is 3.67. The van der Waals surface area contributed by atoms with Gasteiger partial charge in [-0.3, -0.25) is 4.79 Å². The van der Waals surface area contributed by atoms with Crippen molar-refractivity contribution in [1.82, 2.24) is 10.3 Å². The molecule has 2 rings (SSSR count). The van der Waals surface area contributed by atoms with Crippen LogP contribution in [0.1, 0.15) is 31.3 Å². The van der Waals surface area contributed by atoms with Crippen LogP contribution in [0.5, 0.6) is 0 Å². The molecule has 0 aliphatic rings. The summed E-state index contributed by atoms with van der Waals surface area (Å²) in [7, 11) is 0. The average Bonchev–Trinajstić information content (AvgIpc) is 3.09. The highest BCUT2D eigenvalue weighted by Crippen LogP contribution is 2.26. The number of carbonyl (C=O) groups excluding carboxylic acids is 2. The molecule has 0 spiro atoms. The number of aromatic nitrogens is 1. The summed E-state index contributed by atoms with van der Waals surface area (Å²) in [5.74, 6) is -1.33. The van der Waals surface area contributed by atoms with Gasteiger partial charge in [0.25, 0.3) is 5.91 Å². The van der Waals surface area contributed by atoms with E-state index in [9.17, 15) is 14.9 Å². The van der Waals surface area contributed by atoms with Crippen molar-refractivity contribution in [2.75, 3.05) is 6.61 Å². The normalized spacial score (nSPS) is 12.9. The quantitative estimate of drug-likeness (QED) is 0.758. The van der Waals surface area contributed by atoms with E-state index < -0.39 is 24.0 Å². The lowest BCUT2D eigenvalue weighted by Crippen LogP contribution is -2.50. The van der Waals surface area contributed by atoms with E-state index in [1.54, 1.807) is 30.5 Å². The summed E-state index contributed by atoms with van der Waals surface area (Å²) in [5.41, 5.74) is -0.116. The van der Waals surface area contributed by atoms with Crippen LogP contribution in [0.4, 0.5) is 0 Å². The van der Waals surface area contributed by atoms with Crippen molar-refractivity contribution in [3.05, 3.63) is 40.4 Å². The number of ether oxygens (including phenoxy) is 1. The number of rotatable bonds is 6. The molecule has 0 aliphatic heterocycles. The molecule has 136 valence electrons. The highest BCUT2D eigenvalue weighted by molar-refractivity contribution is 7.13. The zero-order valence-corrected chi connectivity index (χ0v) is 16.1. The molecule has 26 heavy (non-hydrogen) atoms. The Labute approximate surface area is 160 Å². The lowest BCUT2D eigenvalue weighted by atomic mass is 9.90. The number of halogens is 1. The SMILES string of the molecule is CC(C)[C@](C)(C#N)NC(=O)COC(=O)c1csc(-c2cccc(Cl)c2)n1. The Hall–Kier alpha value is -2.43. The van der Waals surface area contributed by atoms with Crippen LogP contribution in [0.25, 0.3) is 10.6 Å². The molecule has 1 heterocycles. The van der Waals surface area contributed by atoms with E-state index in [4.69, 9.17) is 16.3 Å². The van der Waals surface area contributed by atoms with Gasteiger partial charge in [0.1, 0.15) is 10.5 Å². The van der Waals surface area contributed by atoms with Crippen molar-refractivity contribution in [2.45, 2.75) is 26.3 Å². The first-order valence-corrected chi connectivity index (χ1v) is 9.12. The van der Waals surface area contributed by atoms with Gasteiger partial charge in [-0.05, 0) is 25.0 Å². The first kappa shape index (κ1) is 19.9. The first-order chi connectivity index (χ1) is 12.2. The second-order valence-electron chi connectivity index (χ2n) is 6.14. The Kier molecular flexibility index (Phi) is 6.35. The standard InChI is InChI=1S/C18H18ClN3O3S/c1-11(2)18(3,10-20)22-15(23)8-25-17(24)14-9-26-16(21-14)12-5-4-6-13(19)7-12/h4-7,9,11H,8H2,1-3H3,(H,22,23)/t18-/m0/s1. The van der Waals surface area contributed by atoms with Crippen molar-refractivity contribution < 1.29 is 14.3 Å². The molecule has 0 aliphatic carbocycles. The van der Waals surface area contributed by atoms with Crippen molar-refractivity contribution in [3.8, 4) is 16.6 Å². The molecule has 0 fully saturated rings. The fourth-order valence-corrected chi connectivity index (χ4v) is 2.93. The number of hydrogen-bond donors (Lipinski definition) is 1. The van der Waals surface area contributed by atoms with Crippen LogP contribution < -0.4 is 5.32 Å². The summed E-state index contributed by atoms with van der Waals surface area (Å²) < 4.78 is 4.99. The summed E-state index contributed by atoms with van der Waals surface area (Å²) >= 11 is 7.23. The highest BCUT2D eigenvalue weighted by Gasteiger charge is 2.30. The summed E-state index contributed by atoms with van der Waals surface area (Å²) in [6, 6.07) is 9.19. The summed E-state index contributed by atoms with van der Waals surface area (Å²) in [6.07, 6.45) is 0. The largest absolute Gasteiger partial charge is 0.451 e. The fourth-order valence-electron chi connectivity index (χ4n) is 1.95. The molecular formula is C18H18ClN3O3S. The molecular weight excluding hydrogens is 374 g/mol. The van der Waals surface area contributed by atoms with Crippen molar-refractivity contribution in [3.63, 3.8) is 0 Å². The zero-order valence-electron chi connectivity index (χ0n) is 14.6. The lowest BCUT2D eigenvalue weighted by molar-refractivity contribution is -0.125. The number of amides is 1. The number of nitriles is 1. The van der Waals surface area contributed by atoms with Gasteiger partial charge in [-0.25, -0.2) is 9.78 Å². The van der Waals surface area contributed by atoms with Crippen molar-refractivity contribution >= 4 is 34.8 Å². The molecule has 1 aromatic heterocycles. The predicted molar refractivity (Wildman–Crippen MR) is 99.8 cm³/mol. The maximum Gasteiger partial charge on any atom is 0.358 e. The van der Waals surface area contributed by atoms with Gasteiger partial charge >= 0.3 is 5.97 Å². The van der Waals surface area contributed by atoms with Gasteiger partial charge in [0, 0.05) is 16.0 Å². The Morgan fingerprint density at radius 1 is 1.46 bits per heavy atom. The molecule has 0 radical (unpaired) electrons. The Bertz CT molecular complexity index is 859. The molecule has 0 bridgehead atoms. The Balaban J connectivity index is 1.97. The van der Waals surface area contributed by atoms with Crippen LogP contribution in [0, 0.1) is 17.2 Å². The summed E-state index contributed by atoms with van der Waals surface area (Å²) in [4.78, 5) is 28.3. The van der Waals surface area contributed by atoms with Crippen LogP contribution in [0.15, 0.2) is 29.6 Å². The molecule has 1 atom stereocenters. The third kappa shape index (κ3) is 4.81. The molecule has 0 unspecified atom stereocenters. The van der Waals surface area contributed by atoms with Gasteiger partial charge in [0.2, 0.25) is 0 Å². The highest BCUT2D eigenvalue weighted by atomic mass is 35.5. The summed E-state index contributed by atoms with van der Waals surface area (Å²) in [6.45, 7) is 4.78. The monoisotopic (exact) mass is 391 g/mol. The van der Waals surface area contributed by atoms with Gasteiger partial charge in [-0.2, -0.15) is 5.26 Å². The minimum atomic E-state index is -1.02. The van der Waals surface area contributed by atoms with E-state index in [0.717, 1.165) is 5.56 Å². The number of esters is 1. The van der Waals surface area contributed by atoms with Gasteiger partial charge in [0.15, 0.2) is 12.3 Å². The maximum atomic E-state index is 12.1. The molecule has 0 saturated heterocycles. The van der Waals surface area contributed by atoms with Gasteiger partial charge in [-0.15, -0.1) is 11.3 Å². The molecule has 1 aromatic carbocycles. The van der Waals surface area contributed by atoms with E-state index in [1.807, 2.05) is 19.9 Å². The number of nitrogens with one attached hydrogen (secondary N) is 1. The van der Waals surface area contributed by atoms with E-state index in [0.29, 0.717) is 10.0 Å². The van der Waals surface area contributed by atoms with Crippen molar-refractivity contribution in [2.24, 2.45) is 5.92 Å². The maximum absolute atomic E-state index is 12.1. The van der Waals surface area contributed by atoms with E-state index in [-0.39, 0.29) is 11.6 Å². The lowest BCUT2D eigenvalue weighted by Gasteiger charge is -2.27. The van der Waals surface area contributed by atoms with Gasteiger partial charge in [-0.1, -0.05) is 37.6 Å². The molecule has 1 amide bonds. The fraction of sp³-hybridized carbons (Fsp3) is 0.333. The van der Waals surface area contributed by atoms with Crippen LogP contribution in [-0.2, 0) is 9.53 Å². The number of thiazole rings is 1. The third-order valence-electron chi connectivity index (χ3n) is 3.91. The third-order valence-corrected chi connectivity index (χ3v) is 5.03. The minimum Gasteiger partial charge on any atom is -0.451 e. The number of benzene rings is 1. The van der Waals surface area contributed by atoms with Crippen LogP contribution in [0.2, 0.25) is 5.02 Å². The minimum absolute atomic E-state index is 0.0917. The number of nitrogens with zero attached hydrogens (tertiary/aromatic N) is 2. The Morgan fingerprint density at radius 2 is 2.19 bits per heavy atom. The zero-order chi connectivity index (χ0) is 19.3. The smallest absolute Gasteiger partial charge is 0.358 e. The van der Waals surface area contributed by atoms with E-state index >= 15 is 0 Å². The molecule has 6 nitrogen and oxygen atoms in total. The molecule has 8 heteroatoms. The molecule has 2 aromatic rings. The van der Waals surface area contributed by atoms with E-state index in [2.05, 4.69) is 16.4 Å². The van der Waals surface area contributed by atoms with Crippen LogP contribution in [0.3, 0.4) is 0 Å². The topological polar surface area (TPSA) is 92.1 Å². The van der Waals surface area contributed by atoms with Crippen molar-refractivity contribution in [1.29, 1.82) is 5.26 Å². The van der Waals surface area contributed by atoms with Gasteiger partial charge in [0.05, 0.1) is 6.07 Å². The molecule has 0 saturated carbocycles. The first-order valence-electron chi connectivity index (χ1n) is 7.86. The number of carbonyl (C=O) groups is 2. The summed E-state index contributed by atoms with van der Waals surface area (Å²) in [5, 5.41) is 14.5. The second-order valence-corrected chi connectivity index (χ2v) is 7.44. The van der Waals surface area contributed by atoms with Crippen LogP contribution >= 0.6 is 22.9 Å². The Morgan fingerprint density at radius 3 is 2.81 bits per heavy atom. The van der Waals surface area contributed by atoms with Crippen LogP contribution in [-0.4, -0.2) is 29.0 Å². The second kappa shape index (κ2) is 8.30. The van der Waals surface area contributed by atoms with E-state index in [1.165, 1.54) is 11.3 Å². The van der Waals surface area contributed by atoms with Gasteiger partial charge < -0.3 is 10.1 Å².